The Morgan fingerprint density at radius 1 is 1.00 bits per heavy atom. The highest BCUT2D eigenvalue weighted by Crippen LogP contribution is 2.30. The molecule has 0 aliphatic rings. The summed E-state index contributed by atoms with van der Waals surface area (Å²) in [6.07, 6.45) is 0. The van der Waals surface area contributed by atoms with Crippen LogP contribution in [0.25, 0.3) is 10.7 Å². The van der Waals surface area contributed by atoms with Crippen molar-refractivity contribution in [3.63, 3.8) is 0 Å². The summed E-state index contributed by atoms with van der Waals surface area (Å²) in [6.45, 7) is 2.82. The van der Waals surface area contributed by atoms with Crippen LogP contribution in [-0.2, 0) is 11.3 Å². The summed E-state index contributed by atoms with van der Waals surface area (Å²) >= 11 is 3.08. The van der Waals surface area contributed by atoms with Crippen LogP contribution >= 0.6 is 23.1 Å². The maximum atomic E-state index is 13.2. The summed E-state index contributed by atoms with van der Waals surface area (Å²) in [5, 5.41) is 11.5. The molecule has 0 spiro atoms. The first-order chi connectivity index (χ1) is 15.2. The second-order valence-electron chi connectivity index (χ2n) is 7.04. The molecule has 0 saturated heterocycles. The number of rotatable bonds is 8. The standard InChI is InChI=1S/C24H24N4OS2/c1-3-28-23(20-15-10-16-30-20)25-26-24(28)31-17-21(29)27(2)22(18-11-6-4-7-12-18)19-13-8-5-9-14-19/h4-16,22H,3,17H2,1-2H3. The molecule has 4 aromatic rings. The lowest BCUT2D eigenvalue weighted by Gasteiger charge is -2.29. The van der Waals surface area contributed by atoms with E-state index in [1.165, 1.54) is 11.8 Å². The lowest BCUT2D eigenvalue weighted by molar-refractivity contribution is -0.128. The van der Waals surface area contributed by atoms with Gasteiger partial charge in [0.2, 0.25) is 5.91 Å². The molecule has 0 aliphatic heterocycles. The zero-order chi connectivity index (χ0) is 21.6. The van der Waals surface area contributed by atoms with Gasteiger partial charge in [-0.2, -0.15) is 0 Å². The molecule has 0 N–H and O–H groups in total. The summed E-state index contributed by atoms with van der Waals surface area (Å²) in [6, 6.07) is 24.2. The Kier molecular flexibility index (Phi) is 6.84. The van der Waals surface area contributed by atoms with Gasteiger partial charge in [-0.3, -0.25) is 4.79 Å². The molecule has 0 unspecified atom stereocenters. The van der Waals surface area contributed by atoms with Crippen LogP contribution in [0, 0.1) is 0 Å². The van der Waals surface area contributed by atoms with Gasteiger partial charge in [0.25, 0.3) is 0 Å². The number of amides is 1. The Hall–Kier alpha value is -2.90. The average Bonchev–Trinajstić information content (AvgIpc) is 3.48. The van der Waals surface area contributed by atoms with E-state index in [1.807, 2.05) is 65.9 Å². The molecule has 31 heavy (non-hydrogen) atoms. The first kappa shape index (κ1) is 21.3. The number of carbonyl (C=O) groups excluding carboxylic acids is 1. The third kappa shape index (κ3) is 4.73. The average molecular weight is 449 g/mol. The molecule has 2 heterocycles. The largest absolute Gasteiger partial charge is 0.334 e. The normalized spacial score (nSPS) is 11.1. The van der Waals surface area contributed by atoms with Crippen molar-refractivity contribution in [3.05, 3.63) is 89.3 Å². The molecule has 7 heteroatoms. The molecule has 158 valence electrons. The molecule has 2 aromatic carbocycles. The summed E-state index contributed by atoms with van der Waals surface area (Å²) in [4.78, 5) is 16.1. The molecule has 4 rings (SSSR count). The minimum Gasteiger partial charge on any atom is -0.334 e. The molecule has 2 aromatic heterocycles. The Balaban J connectivity index is 1.52. The first-order valence-corrected chi connectivity index (χ1v) is 12.0. The van der Waals surface area contributed by atoms with Crippen LogP contribution in [0.3, 0.4) is 0 Å². The smallest absolute Gasteiger partial charge is 0.233 e. The highest BCUT2D eigenvalue weighted by Gasteiger charge is 2.24. The van der Waals surface area contributed by atoms with Crippen molar-refractivity contribution in [2.45, 2.75) is 24.7 Å². The number of aromatic nitrogens is 3. The summed E-state index contributed by atoms with van der Waals surface area (Å²) < 4.78 is 2.07. The van der Waals surface area contributed by atoms with Crippen molar-refractivity contribution < 1.29 is 4.79 Å². The van der Waals surface area contributed by atoms with Crippen LogP contribution in [0.5, 0.6) is 0 Å². The van der Waals surface area contributed by atoms with Crippen molar-refractivity contribution in [3.8, 4) is 10.7 Å². The van der Waals surface area contributed by atoms with Crippen LogP contribution in [0.4, 0.5) is 0 Å². The van der Waals surface area contributed by atoms with E-state index in [-0.39, 0.29) is 11.9 Å². The van der Waals surface area contributed by atoms with E-state index in [0.29, 0.717) is 5.75 Å². The van der Waals surface area contributed by atoms with E-state index >= 15 is 0 Å². The SMILES string of the molecule is CCn1c(SCC(=O)N(C)C(c2ccccc2)c2ccccc2)nnc1-c1cccs1. The molecule has 0 saturated carbocycles. The molecule has 0 radical (unpaired) electrons. The maximum absolute atomic E-state index is 13.2. The van der Waals surface area contributed by atoms with Crippen molar-refractivity contribution in [1.29, 1.82) is 0 Å². The lowest BCUT2D eigenvalue weighted by Crippen LogP contribution is -2.33. The lowest BCUT2D eigenvalue weighted by atomic mass is 9.97. The van der Waals surface area contributed by atoms with Crippen LogP contribution in [0.2, 0.25) is 0 Å². The number of hydrogen-bond donors (Lipinski definition) is 0. The van der Waals surface area contributed by atoms with Gasteiger partial charge in [-0.15, -0.1) is 21.5 Å². The van der Waals surface area contributed by atoms with Gasteiger partial charge in [0, 0.05) is 13.6 Å². The van der Waals surface area contributed by atoms with Crippen molar-refractivity contribution in [1.82, 2.24) is 19.7 Å². The van der Waals surface area contributed by atoms with Crippen LogP contribution in [-0.4, -0.2) is 38.4 Å². The van der Waals surface area contributed by atoms with E-state index in [4.69, 9.17) is 0 Å². The fraction of sp³-hybridized carbons (Fsp3) is 0.208. The van der Waals surface area contributed by atoms with Gasteiger partial charge >= 0.3 is 0 Å². The molecule has 0 bridgehead atoms. The van der Waals surface area contributed by atoms with Gasteiger partial charge in [-0.25, -0.2) is 0 Å². The van der Waals surface area contributed by atoms with Crippen LogP contribution in [0.15, 0.2) is 83.3 Å². The van der Waals surface area contributed by atoms with E-state index in [2.05, 4.69) is 46.0 Å². The first-order valence-electron chi connectivity index (χ1n) is 10.1. The van der Waals surface area contributed by atoms with Crippen molar-refractivity contribution >= 4 is 29.0 Å². The van der Waals surface area contributed by atoms with E-state index < -0.39 is 0 Å². The van der Waals surface area contributed by atoms with Gasteiger partial charge in [0.05, 0.1) is 16.7 Å². The molecule has 5 nitrogen and oxygen atoms in total. The minimum absolute atomic E-state index is 0.0473. The van der Waals surface area contributed by atoms with Crippen molar-refractivity contribution in [2.24, 2.45) is 0 Å². The van der Waals surface area contributed by atoms with E-state index in [9.17, 15) is 4.79 Å². The number of hydrogen-bond acceptors (Lipinski definition) is 5. The number of thioether (sulfide) groups is 1. The monoisotopic (exact) mass is 448 g/mol. The maximum Gasteiger partial charge on any atom is 0.233 e. The predicted octanol–water partition coefficient (Wildman–Crippen LogP) is 5.37. The number of nitrogens with zero attached hydrogens (tertiary/aromatic N) is 4. The Morgan fingerprint density at radius 3 is 2.19 bits per heavy atom. The summed E-state index contributed by atoms with van der Waals surface area (Å²) in [7, 11) is 1.87. The predicted molar refractivity (Wildman–Crippen MR) is 127 cm³/mol. The fourth-order valence-electron chi connectivity index (χ4n) is 3.55. The highest BCUT2D eigenvalue weighted by molar-refractivity contribution is 7.99. The molecule has 0 aliphatic carbocycles. The molecule has 0 fully saturated rings. The highest BCUT2D eigenvalue weighted by atomic mass is 32.2. The van der Waals surface area contributed by atoms with E-state index in [1.54, 1.807) is 11.3 Å². The van der Waals surface area contributed by atoms with Crippen molar-refractivity contribution in [2.75, 3.05) is 12.8 Å². The fourth-order valence-corrected chi connectivity index (χ4v) is 5.19. The summed E-state index contributed by atoms with van der Waals surface area (Å²) in [5.41, 5.74) is 2.18. The van der Waals surface area contributed by atoms with Gasteiger partial charge in [0.1, 0.15) is 0 Å². The summed E-state index contributed by atoms with van der Waals surface area (Å²) in [5.74, 6) is 1.20. The van der Waals surface area contributed by atoms with Crippen LogP contribution in [0.1, 0.15) is 24.1 Å². The number of benzene rings is 2. The molecule has 0 atom stereocenters. The zero-order valence-corrected chi connectivity index (χ0v) is 19.1. The topological polar surface area (TPSA) is 51.0 Å². The van der Waals surface area contributed by atoms with Gasteiger partial charge in [-0.05, 0) is 29.5 Å². The second-order valence-corrected chi connectivity index (χ2v) is 8.94. The Labute approximate surface area is 190 Å². The number of carbonyl (C=O) groups is 1. The number of thiophene rings is 1. The van der Waals surface area contributed by atoms with Gasteiger partial charge in [0.15, 0.2) is 11.0 Å². The Morgan fingerprint density at radius 2 is 1.65 bits per heavy atom. The molecular weight excluding hydrogens is 424 g/mol. The molecule has 1 amide bonds. The van der Waals surface area contributed by atoms with Gasteiger partial charge < -0.3 is 9.47 Å². The third-order valence-corrected chi connectivity index (χ3v) is 6.93. The van der Waals surface area contributed by atoms with E-state index in [0.717, 1.165) is 33.5 Å². The Bertz CT molecular complexity index is 1070. The van der Waals surface area contributed by atoms with Gasteiger partial charge in [-0.1, -0.05) is 78.5 Å². The molecular formula is C24H24N4OS2. The quantitative estimate of drug-likeness (QED) is 0.340. The third-order valence-electron chi connectivity index (χ3n) is 5.11. The van der Waals surface area contributed by atoms with Crippen LogP contribution < -0.4 is 0 Å². The second kappa shape index (κ2) is 9.94. The minimum atomic E-state index is -0.138. The zero-order valence-electron chi connectivity index (χ0n) is 17.5.